The lowest BCUT2D eigenvalue weighted by atomic mass is 10.2. The van der Waals surface area contributed by atoms with Crippen molar-refractivity contribution in [2.45, 2.75) is 18.6 Å². The van der Waals surface area contributed by atoms with Crippen LogP contribution in [0.4, 0.5) is 4.79 Å². The lowest BCUT2D eigenvalue weighted by Crippen LogP contribution is -2.46. The highest BCUT2D eigenvalue weighted by Gasteiger charge is 2.36. The van der Waals surface area contributed by atoms with Crippen molar-refractivity contribution in [2.24, 2.45) is 0 Å². The minimum absolute atomic E-state index is 0.0859. The van der Waals surface area contributed by atoms with Gasteiger partial charge in [-0.2, -0.15) is 0 Å². The van der Waals surface area contributed by atoms with E-state index < -0.39 is 30.1 Å². The summed E-state index contributed by atoms with van der Waals surface area (Å²) >= 11 is 0. The van der Waals surface area contributed by atoms with E-state index in [0.29, 0.717) is 0 Å². The van der Waals surface area contributed by atoms with Crippen molar-refractivity contribution < 1.29 is 24.6 Å². The molecule has 0 radical (unpaired) electrons. The van der Waals surface area contributed by atoms with Gasteiger partial charge in [0.05, 0.1) is 12.6 Å². The summed E-state index contributed by atoms with van der Waals surface area (Å²) in [6.07, 6.45) is -0.674. The molecule has 0 saturated carbocycles. The number of imide groups is 1. The molecule has 1 aliphatic heterocycles. The van der Waals surface area contributed by atoms with Gasteiger partial charge in [-0.05, 0) is 0 Å². The van der Waals surface area contributed by atoms with Crippen LogP contribution in [0.25, 0.3) is 0 Å². The fourth-order valence-corrected chi connectivity index (χ4v) is 1.72. The molecule has 1 fully saturated rings. The van der Waals surface area contributed by atoms with Gasteiger partial charge in [-0.1, -0.05) is 0 Å². The van der Waals surface area contributed by atoms with E-state index in [0.717, 1.165) is 0 Å². The maximum absolute atomic E-state index is 11.4. The van der Waals surface area contributed by atoms with E-state index in [2.05, 4.69) is 5.32 Å². The molecule has 0 bridgehead atoms. The Bertz CT molecular complexity index is 333. The second kappa shape index (κ2) is 5.60. The number of aliphatic hydroxyl groups excluding tert-OH is 1. The topological polar surface area (TPSA) is 119 Å². The lowest BCUT2D eigenvalue weighted by molar-refractivity contribution is -0.142. The van der Waals surface area contributed by atoms with E-state index in [4.69, 9.17) is 5.11 Å². The Balaban J connectivity index is 2.52. The number of carbonyl (C=O) groups is 3. The van der Waals surface area contributed by atoms with Crippen molar-refractivity contribution >= 4 is 17.9 Å². The summed E-state index contributed by atoms with van der Waals surface area (Å²) in [4.78, 5) is 34.4. The van der Waals surface area contributed by atoms with Crippen molar-refractivity contribution in [1.82, 2.24) is 15.5 Å². The van der Waals surface area contributed by atoms with E-state index >= 15 is 0 Å². The Morgan fingerprint density at radius 1 is 1.41 bits per heavy atom. The third-order valence-corrected chi connectivity index (χ3v) is 2.49. The molecular weight excluding hydrogens is 230 g/mol. The number of nitrogens with one attached hydrogen (secondary N) is 2. The van der Waals surface area contributed by atoms with Crippen LogP contribution < -0.4 is 10.6 Å². The average molecular weight is 245 g/mol. The van der Waals surface area contributed by atoms with Gasteiger partial charge in [0.1, 0.15) is 6.04 Å². The van der Waals surface area contributed by atoms with Gasteiger partial charge < -0.3 is 15.5 Å². The molecule has 3 amide bonds. The Morgan fingerprint density at radius 2 is 2.06 bits per heavy atom. The fourth-order valence-electron chi connectivity index (χ4n) is 1.72. The van der Waals surface area contributed by atoms with Crippen molar-refractivity contribution in [2.75, 3.05) is 20.1 Å². The number of urea groups is 1. The fraction of sp³-hybridized carbons (Fsp3) is 0.667. The number of aliphatic carboxylic acids is 1. The summed E-state index contributed by atoms with van der Waals surface area (Å²) < 4.78 is 0. The lowest BCUT2D eigenvalue weighted by Gasteiger charge is -2.19. The van der Waals surface area contributed by atoms with Crippen molar-refractivity contribution in [1.29, 1.82) is 0 Å². The molecule has 0 spiro atoms. The van der Waals surface area contributed by atoms with E-state index in [1.54, 1.807) is 0 Å². The maximum atomic E-state index is 11.4. The highest BCUT2D eigenvalue weighted by Crippen LogP contribution is 2.17. The molecule has 2 atom stereocenters. The Morgan fingerprint density at radius 3 is 2.59 bits per heavy atom. The zero-order valence-electron chi connectivity index (χ0n) is 9.34. The number of likely N-dealkylation sites (tertiary alicyclic amines) is 1. The first kappa shape index (κ1) is 13.4. The Labute approximate surface area is 97.6 Å². The van der Waals surface area contributed by atoms with Crippen LogP contribution in [-0.4, -0.2) is 65.3 Å². The molecule has 17 heavy (non-hydrogen) atoms. The van der Waals surface area contributed by atoms with Crippen LogP contribution in [0.5, 0.6) is 0 Å². The maximum Gasteiger partial charge on any atom is 0.321 e. The normalized spacial score (nSPS) is 24.4. The number of rotatable bonds is 3. The number of amides is 3. The highest BCUT2D eigenvalue weighted by atomic mass is 16.4. The molecule has 4 N–H and O–H groups in total. The molecule has 1 heterocycles. The predicted molar refractivity (Wildman–Crippen MR) is 56.2 cm³/mol. The van der Waals surface area contributed by atoms with E-state index in [9.17, 15) is 19.5 Å². The smallest absolute Gasteiger partial charge is 0.321 e. The third-order valence-electron chi connectivity index (χ3n) is 2.49. The molecule has 0 aliphatic carbocycles. The molecule has 96 valence electrons. The second-order valence-electron chi connectivity index (χ2n) is 3.80. The number of carboxylic acids is 1. The van der Waals surface area contributed by atoms with E-state index in [1.807, 2.05) is 5.32 Å². The molecule has 1 saturated heterocycles. The quantitative estimate of drug-likeness (QED) is 0.455. The van der Waals surface area contributed by atoms with Crippen LogP contribution >= 0.6 is 0 Å². The third kappa shape index (κ3) is 3.68. The van der Waals surface area contributed by atoms with Gasteiger partial charge in [0.15, 0.2) is 0 Å². The molecule has 0 aromatic carbocycles. The van der Waals surface area contributed by atoms with Gasteiger partial charge in [0.2, 0.25) is 5.91 Å². The van der Waals surface area contributed by atoms with Gasteiger partial charge in [-0.3, -0.25) is 19.8 Å². The van der Waals surface area contributed by atoms with Gasteiger partial charge in [-0.25, -0.2) is 4.79 Å². The number of β-amino-alcohol motifs (C(OH)–C–C–N with tert-alkyl or cyclic N) is 1. The highest BCUT2D eigenvalue weighted by molar-refractivity contribution is 5.95. The first-order valence-electron chi connectivity index (χ1n) is 5.10. The molecule has 1 rings (SSSR count). The van der Waals surface area contributed by atoms with Crippen molar-refractivity contribution in [3.63, 3.8) is 0 Å². The van der Waals surface area contributed by atoms with Crippen LogP contribution in [-0.2, 0) is 9.59 Å². The predicted octanol–water partition coefficient (Wildman–Crippen LogP) is -2.04. The SMILES string of the molecule is CNC(=O)NC(=O)CN1CC(O)CC1C(=O)O. The van der Waals surface area contributed by atoms with Crippen LogP contribution in [0.3, 0.4) is 0 Å². The number of carbonyl (C=O) groups excluding carboxylic acids is 2. The minimum atomic E-state index is -1.09. The van der Waals surface area contributed by atoms with E-state index in [-0.39, 0.29) is 19.5 Å². The van der Waals surface area contributed by atoms with E-state index in [1.165, 1.54) is 11.9 Å². The molecule has 8 heteroatoms. The number of carboxylic acid groups (broad SMARTS) is 1. The molecule has 8 nitrogen and oxygen atoms in total. The van der Waals surface area contributed by atoms with Crippen LogP contribution in [0.1, 0.15) is 6.42 Å². The summed E-state index contributed by atoms with van der Waals surface area (Å²) in [6.45, 7) is -0.125. The number of nitrogens with zero attached hydrogens (tertiary/aromatic N) is 1. The molecule has 0 aromatic heterocycles. The zero-order valence-corrected chi connectivity index (χ0v) is 9.34. The minimum Gasteiger partial charge on any atom is -0.480 e. The van der Waals surface area contributed by atoms with Crippen molar-refractivity contribution in [3.05, 3.63) is 0 Å². The van der Waals surface area contributed by atoms with Crippen molar-refractivity contribution in [3.8, 4) is 0 Å². The summed E-state index contributed by atoms with van der Waals surface area (Å²) in [5.74, 6) is -1.70. The Kier molecular flexibility index (Phi) is 4.41. The molecular formula is C9H15N3O5. The van der Waals surface area contributed by atoms with Gasteiger partial charge in [0, 0.05) is 20.0 Å². The summed E-state index contributed by atoms with van der Waals surface area (Å²) in [5, 5.41) is 22.5. The van der Waals surface area contributed by atoms with Gasteiger partial charge in [0.25, 0.3) is 0 Å². The first-order valence-corrected chi connectivity index (χ1v) is 5.10. The summed E-state index contributed by atoms with van der Waals surface area (Å²) in [5.41, 5.74) is 0. The Hall–Kier alpha value is -1.67. The molecule has 2 unspecified atom stereocenters. The first-order chi connectivity index (χ1) is 7.93. The van der Waals surface area contributed by atoms with Crippen LogP contribution in [0, 0.1) is 0 Å². The zero-order chi connectivity index (χ0) is 13.0. The largest absolute Gasteiger partial charge is 0.480 e. The number of aliphatic hydroxyl groups is 1. The van der Waals surface area contributed by atoms with Crippen LogP contribution in [0.2, 0.25) is 0 Å². The molecule has 0 aromatic rings. The van der Waals surface area contributed by atoms with Gasteiger partial charge in [-0.15, -0.1) is 0 Å². The summed E-state index contributed by atoms with van der Waals surface area (Å²) in [6, 6.07) is -1.54. The standard InChI is InChI=1S/C9H15N3O5/c1-10-9(17)11-7(14)4-12-3-5(13)2-6(12)8(15)16/h5-6,13H,2-4H2,1H3,(H,15,16)(H2,10,11,14,17). The van der Waals surface area contributed by atoms with Gasteiger partial charge >= 0.3 is 12.0 Å². The average Bonchev–Trinajstić information content (AvgIpc) is 2.59. The number of hydrogen-bond acceptors (Lipinski definition) is 5. The summed E-state index contributed by atoms with van der Waals surface area (Å²) in [7, 11) is 1.36. The second-order valence-corrected chi connectivity index (χ2v) is 3.80. The molecule has 1 aliphatic rings. The monoisotopic (exact) mass is 245 g/mol. The van der Waals surface area contributed by atoms with Crippen LogP contribution in [0.15, 0.2) is 0 Å². The number of hydrogen-bond donors (Lipinski definition) is 4.